The molecule has 0 spiro atoms. The normalized spacial score (nSPS) is 10.3. The molecule has 0 atom stereocenters. The molecule has 1 heterocycles. The molecule has 0 saturated carbocycles. The highest BCUT2D eigenvalue weighted by Gasteiger charge is 2.10. The van der Waals surface area contributed by atoms with Crippen LogP contribution in [0.25, 0.3) is 0 Å². The standard InChI is InChI=1S/C11H10FN3OS2/c1-17-11-15-14-10(18-11)13-9(16)6-7-4-2-3-5-8(7)12/h2-5H,6H2,1H3,(H,13,14,16). The van der Waals surface area contributed by atoms with E-state index in [0.717, 1.165) is 4.34 Å². The van der Waals surface area contributed by atoms with Crippen LogP contribution >= 0.6 is 23.1 Å². The van der Waals surface area contributed by atoms with Gasteiger partial charge in [-0.25, -0.2) is 4.39 Å². The lowest BCUT2D eigenvalue weighted by molar-refractivity contribution is -0.115. The molecule has 0 aliphatic rings. The van der Waals surface area contributed by atoms with Crippen molar-refractivity contribution in [1.82, 2.24) is 10.2 Å². The number of benzene rings is 1. The van der Waals surface area contributed by atoms with E-state index in [9.17, 15) is 9.18 Å². The molecule has 1 N–H and O–H groups in total. The largest absolute Gasteiger partial charge is 0.300 e. The van der Waals surface area contributed by atoms with E-state index in [-0.39, 0.29) is 18.1 Å². The van der Waals surface area contributed by atoms with Crippen LogP contribution in [0.2, 0.25) is 0 Å². The fraction of sp³-hybridized carbons (Fsp3) is 0.182. The third-order valence-corrected chi connectivity index (χ3v) is 3.95. The van der Waals surface area contributed by atoms with Crippen molar-refractivity contribution in [2.24, 2.45) is 0 Å². The van der Waals surface area contributed by atoms with Crippen LogP contribution in [0.4, 0.5) is 9.52 Å². The Morgan fingerprint density at radius 3 is 2.89 bits per heavy atom. The molecule has 0 aliphatic heterocycles. The fourth-order valence-corrected chi connectivity index (χ4v) is 2.51. The minimum Gasteiger partial charge on any atom is -0.300 e. The number of amides is 1. The van der Waals surface area contributed by atoms with Crippen LogP contribution < -0.4 is 5.32 Å². The van der Waals surface area contributed by atoms with E-state index >= 15 is 0 Å². The minimum absolute atomic E-state index is 0.0130. The molecule has 0 aliphatic carbocycles. The van der Waals surface area contributed by atoms with E-state index in [1.54, 1.807) is 18.2 Å². The Morgan fingerprint density at radius 2 is 2.22 bits per heavy atom. The summed E-state index contributed by atoms with van der Waals surface area (Å²) in [5.74, 6) is -0.682. The van der Waals surface area contributed by atoms with E-state index in [1.165, 1.54) is 29.2 Å². The monoisotopic (exact) mass is 283 g/mol. The van der Waals surface area contributed by atoms with Crippen molar-refractivity contribution in [2.75, 3.05) is 11.6 Å². The first-order valence-electron chi connectivity index (χ1n) is 5.10. The van der Waals surface area contributed by atoms with Gasteiger partial charge >= 0.3 is 0 Å². The van der Waals surface area contributed by atoms with Crippen molar-refractivity contribution in [3.05, 3.63) is 35.6 Å². The summed E-state index contributed by atoms with van der Waals surface area (Å²) >= 11 is 2.75. The summed E-state index contributed by atoms with van der Waals surface area (Å²) in [5, 5.41) is 10.7. The maximum Gasteiger partial charge on any atom is 0.230 e. The van der Waals surface area contributed by atoms with Gasteiger partial charge in [-0.15, -0.1) is 10.2 Å². The maximum atomic E-state index is 13.3. The van der Waals surface area contributed by atoms with Crippen molar-refractivity contribution >= 4 is 34.1 Å². The number of rotatable bonds is 4. The minimum atomic E-state index is -0.380. The molecule has 1 aromatic heterocycles. The zero-order valence-electron chi connectivity index (χ0n) is 9.51. The zero-order valence-corrected chi connectivity index (χ0v) is 11.1. The molecule has 0 unspecified atom stereocenters. The van der Waals surface area contributed by atoms with Gasteiger partial charge in [0.05, 0.1) is 6.42 Å². The van der Waals surface area contributed by atoms with E-state index < -0.39 is 0 Å². The quantitative estimate of drug-likeness (QED) is 0.692. The van der Waals surface area contributed by atoms with Gasteiger partial charge in [-0.05, 0) is 17.9 Å². The molecular formula is C11H10FN3OS2. The lowest BCUT2D eigenvalue weighted by atomic mass is 10.1. The van der Waals surface area contributed by atoms with Crippen LogP contribution in [-0.2, 0) is 11.2 Å². The van der Waals surface area contributed by atoms with E-state index in [2.05, 4.69) is 15.5 Å². The first-order valence-corrected chi connectivity index (χ1v) is 7.14. The Kier molecular flexibility index (Phi) is 4.27. The number of aromatic nitrogens is 2. The SMILES string of the molecule is CSc1nnc(NC(=O)Cc2ccccc2F)s1. The van der Waals surface area contributed by atoms with Crippen LogP contribution in [0.3, 0.4) is 0 Å². The van der Waals surface area contributed by atoms with Crippen molar-refractivity contribution in [3.63, 3.8) is 0 Å². The van der Waals surface area contributed by atoms with Gasteiger partial charge in [-0.2, -0.15) is 0 Å². The summed E-state index contributed by atoms with van der Waals surface area (Å²) in [4.78, 5) is 11.7. The summed E-state index contributed by atoms with van der Waals surface area (Å²) in [6.45, 7) is 0. The number of nitrogens with zero attached hydrogens (tertiary/aromatic N) is 2. The molecule has 1 amide bonds. The van der Waals surface area contributed by atoms with E-state index in [0.29, 0.717) is 10.7 Å². The van der Waals surface area contributed by atoms with Gasteiger partial charge in [0.15, 0.2) is 4.34 Å². The topological polar surface area (TPSA) is 54.9 Å². The molecule has 2 rings (SSSR count). The smallest absolute Gasteiger partial charge is 0.230 e. The summed E-state index contributed by atoms with van der Waals surface area (Å²) in [7, 11) is 0. The second kappa shape index (κ2) is 5.92. The number of carbonyl (C=O) groups is 1. The van der Waals surface area contributed by atoms with Crippen molar-refractivity contribution in [2.45, 2.75) is 10.8 Å². The fourth-order valence-electron chi connectivity index (χ4n) is 1.32. The molecule has 0 bridgehead atoms. The third-order valence-electron chi connectivity index (χ3n) is 2.14. The molecule has 4 nitrogen and oxygen atoms in total. The zero-order chi connectivity index (χ0) is 13.0. The molecule has 18 heavy (non-hydrogen) atoms. The lowest BCUT2D eigenvalue weighted by Crippen LogP contribution is -2.15. The van der Waals surface area contributed by atoms with E-state index in [1.807, 2.05) is 6.26 Å². The number of nitrogens with one attached hydrogen (secondary N) is 1. The Labute approximate surface area is 112 Å². The summed E-state index contributed by atoms with van der Waals surface area (Å²) in [5.41, 5.74) is 0.365. The molecule has 94 valence electrons. The van der Waals surface area contributed by atoms with Crippen LogP contribution in [0, 0.1) is 5.82 Å². The predicted octanol–water partition coefficient (Wildman–Crippen LogP) is 2.58. The van der Waals surface area contributed by atoms with Crippen LogP contribution in [0.15, 0.2) is 28.6 Å². The van der Waals surface area contributed by atoms with Gasteiger partial charge in [0, 0.05) is 0 Å². The van der Waals surface area contributed by atoms with Gasteiger partial charge in [0.25, 0.3) is 0 Å². The van der Waals surface area contributed by atoms with Crippen molar-refractivity contribution in [1.29, 1.82) is 0 Å². The first-order chi connectivity index (χ1) is 8.69. The lowest BCUT2D eigenvalue weighted by Gasteiger charge is -2.02. The van der Waals surface area contributed by atoms with E-state index in [4.69, 9.17) is 0 Å². The first kappa shape index (κ1) is 13.0. The van der Waals surface area contributed by atoms with Crippen LogP contribution in [0.1, 0.15) is 5.56 Å². The highest BCUT2D eigenvalue weighted by Crippen LogP contribution is 2.23. The average Bonchev–Trinajstić information content (AvgIpc) is 2.80. The highest BCUT2D eigenvalue weighted by atomic mass is 32.2. The second-order valence-corrected chi connectivity index (χ2v) is 5.42. The predicted molar refractivity (Wildman–Crippen MR) is 70.4 cm³/mol. The highest BCUT2D eigenvalue weighted by molar-refractivity contribution is 8.00. The Bertz CT molecular complexity index is 559. The molecule has 1 aromatic carbocycles. The molecule has 0 radical (unpaired) electrons. The van der Waals surface area contributed by atoms with Gasteiger partial charge in [0.2, 0.25) is 11.0 Å². The number of halogens is 1. The number of carbonyl (C=O) groups excluding carboxylic acids is 1. The molecule has 2 aromatic rings. The summed E-state index contributed by atoms with van der Waals surface area (Å²) < 4.78 is 14.1. The second-order valence-electron chi connectivity index (χ2n) is 3.39. The Hall–Kier alpha value is -1.47. The van der Waals surface area contributed by atoms with Gasteiger partial charge < -0.3 is 5.32 Å². The number of anilines is 1. The number of thioether (sulfide) groups is 1. The van der Waals surface area contributed by atoms with Gasteiger partial charge in [-0.1, -0.05) is 41.3 Å². The molecular weight excluding hydrogens is 273 g/mol. The Morgan fingerprint density at radius 1 is 1.44 bits per heavy atom. The van der Waals surface area contributed by atoms with Gasteiger partial charge in [0.1, 0.15) is 5.82 Å². The Balaban J connectivity index is 1.99. The van der Waals surface area contributed by atoms with Gasteiger partial charge in [-0.3, -0.25) is 4.79 Å². The van der Waals surface area contributed by atoms with Crippen molar-refractivity contribution < 1.29 is 9.18 Å². The molecule has 0 saturated heterocycles. The number of hydrogen-bond acceptors (Lipinski definition) is 5. The number of hydrogen-bond donors (Lipinski definition) is 1. The third kappa shape index (κ3) is 3.27. The van der Waals surface area contributed by atoms with Crippen LogP contribution in [-0.4, -0.2) is 22.4 Å². The molecule has 0 fully saturated rings. The maximum absolute atomic E-state index is 13.3. The van der Waals surface area contributed by atoms with Crippen molar-refractivity contribution in [3.8, 4) is 0 Å². The van der Waals surface area contributed by atoms with Crippen LogP contribution in [0.5, 0.6) is 0 Å². The summed E-state index contributed by atoms with van der Waals surface area (Å²) in [6, 6.07) is 6.20. The molecule has 7 heteroatoms. The summed E-state index contributed by atoms with van der Waals surface area (Å²) in [6.07, 6.45) is 1.87. The average molecular weight is 283 g/mol.